The fourth-order valence-electron chi connectivity index (χ4n) is 3.65. The Kier molecular flexibility index (Phi) is 11.0. The molecule has 13 nitrogen and oxygen atoms in total. The van der Waals surface area contributed by atoms with E-state index in [0.29, 0.717) is 18.4 Å². The van der Waals surface area contributed by atoms with Crippen LogP contribution in [-0.4, -0.2) is 99.4 Å². The summed E-state index contributed by atoms with van der Waals surface area (Å²) in [6.45, 7) is -1.01. The van der Waals surface area contributed by atoms with Gasteiger partial charge in [0.2, 0.25) is 23.6 Å². The third-order valence-electron chi connectivity index (χ3n) is 5.60. The minimum atomic E-state index is -1.30. The molecule has 1 heterocycles. The van der Waals surface area contributed by atoms with Crippen molar-refractivity contribution in [2.75, 3.05) is 25.4 Å². The van der Waals surface area contributed by atoms with Gasteiger partial charge in [-0.2, -0.15) is 12.6 Å². The lowest BCUT2D eigenvalue weighted by atomic mass is 10.1. The van der Waals surface area contributed by atoms with Gasteiger partial charge in [-0.15, -0.1) is 0 Å². The number of rotatable bonds is 12. The number of thiol groups is 1. The molecule has 0 aromatic heterocycles. The van der Waals surface area contributed by atoms with Crippen molar-refractivity contribution in [3.8, 4) is 5.75 Å². The summed E-state index contributed by atoms with van der Waals surface area (Å²) in [5, 5.41) is 35.4. The van der Waals surface area contributed by atoms with E-state index in [9.17, 15) is 39.3 Å². The lowest BCUT2D eigenvalue weighted by Gasteiger charge is -2.28. The third-order valence-corrected chi connectivity index (χ3v) is 6.00. The van der Waals surface area contributed by atoms with Gasteiger partial charge in [0.05, 0.1) is 19.2 Å². The van der Waals surface area contributed by atoms with Crippen LogP contribution in [0.15, 0.2) is 24.3 Å². The number of carboxylic acids is 1. The number of carbonyl (C=O) groups is 5. The van der Waals surface area contributed by atoms with Gasteiger partial charge in [-0.1, -0.05) is 12.1 Å². The van der Waals surface area contributed by atoms with Gasteiger partial charge in [-0.25, -0.2) is 4.79 Å². The van der Waals surface area contributed by atoms with E-state index < -0.39 is 66.9 Å². The molecule has 1 fully saturated rings. The number of aliphatic hydroxyl groups is 1. The maximum atomic E-state index is 12.8. The van der Waals surface area contributed by atoms with E-state index in [-0.39, 0.29) is 24.5 Å². The Hall–Kier alpha value is -3.36. The van der Waals surface area contributed by atoms with Crippen LogP contribution in [0.5, 0.6) is 5.75 Å². The molecule has 0 radical (unpaired) electrons. The van der Waals surface area contributed by atoms with Crippen molar-refractivity contribution in [3.05, 3.63) is 29.8 Å². The average molecular weight is 526 g/mol. The summed E-state index contributed by atoms with van der Waals surface area (Å²) in [5.74, 6) is -3.93. The van der Waals surface area contributed by atoms with Crippen molar-refractivity contribution >= 4 is 42.2 Å². The van der Waals surface area contributed by atoms with E-state index in [2.05, 4.69) is 28.6 Å². The monoisotopic (exact) mass is 525 g/mol. The molecule has 14 heteroatoms. The van der Waals surface area contributed by atoms with Crippen molar-refractivity contribution in [3.63, 3.8) is 0 Å². The van der Waals surface area contributed by atoms with Gasteiger partial charge in [0.1, 0.15) is 23.9 Å². The number of phenols is 1. The smallest absolute Gasteiger partial charge is 0.326 e. The van der Waals surface area contributed by atoms with Gasteiger partial charge in [0, 0.05) is 18.7 Å². The quantitative estimate of drug-likeness (QED) is 0.134. The highest BCUT2D eigenvalue weighted by molar-refractivity contribution is 7.80. The second-order valence-electron chi connectivity index (χ2n) is 8.27. The number of benzene rings is 1. The van der Waals surface area contributed by atoms with Crippen LogP contribution in [0.4, 0.5) is 0 Å². The van der Waals surface area contributed by atoms with Crippen molar-refractivity contribution in [2.24, 2.45) is 5.73 Å². The van der Waals surface area contributed by atoms with Crippen LogP contribution in [0.2, 0.25) is 0 Å². The fourth-order valence-corrected chi connectivity index (χ4v) is 3.81. The fraction of sp³-hybridized carbons (Fsp3) is 0.500. The Bertz CT molecular complexity index is 960. The third kappa shape index (κ3) is 8.10. The molecule has 1 aliphatic heterocycles. The highest BCUT2D eigenvalue weighted by Crippen LogP contribution is 2.18. The Balaban J connectivity index is 1.92. The molecule has 0 saturated carbocycles. The van der Waals surface area contributed by atoms with Crippen molar-refractivity contribution < 1.29 is 39.3 Å². The summed E-state index contributed by atoms with van der Waals surface area (Å²) in [4.78, 5) is 62.6. The maximum Gasteiger partial charge on any atom is 0.326 e. The van der Waals surface area contributed by atoms with E-state index >= 15 is 0 Å². The number of hydrogen-bond donors (Lipinski definition) is 8. The number of hydrogen-bond acceptors (Lipinski definition) is 9. The number of aliphatic hydroxyl groups excluding tert-OH is 1. The summed E-state index contributed by atoms with van der Waals surface area (Å²) < 4.78 is 0. The predicted molar refractivity (Wildman–Crippen MR) is 130 cm³/mol. The molecule has 8 N–H and O–H groups in total. The Morgan fingerprint density at radius 3 is 2.36 bits per heavy atom. The largest absolute Gasteiger partial charge is 0.508 e. The summed E-state index contributed by atoms with van der Waals surface area (Å²) in [6.07, 6.45) is 0.761. The highest BCUT2D eigenvalue weighted by atomic mass is 32.1. The first-order valence-corrected chi connectivity index (χ1v) is 11.9. The van der Waals surface area contributed by atoms with Crippen molar-refractivity contribution in [1.82, 2.24) is 20.9 Å². The summed E-state index contributed by atoms with van der Waals surface area (Å²) in [7, 11) is 0. The molecule has 198 valence electrons. The van der Waals surface area contributed by atoms with Gasteiger partial charge in [-0.3, -0.25) is 19.2 Å². The number of aromatic hydroxyl groups is 1. The lowest BCUT2D eigenvalue weighted by molar-refractivity contribution is -0.143. The predicted octanol–water partition coefficient (Wildman–Crippen LogP) is -2.65. The zero-order chi connectivity index (χ0) is 26.8. The van der Waals surface area contributed by atoms with E-state index in [0.717, 1.165) is 0 Å². The Morgan fingerprint density at radius 2 is 1.78 bits per heavy atom. The van der Waals surface area contributed by atoms with Crippen LogP contribution in [-0.2, 0) is 30.4 Å². The zero-order valence-electron chi connectivity index (χ0n) is 19.4. The van der Waals surface area contributed by atoms with Gasteiger partial charge >= 0.3 is 5.97 Å². The second-order valence-corrected chi connectivity index (χ2v) is 8.63. The topological polar surface area (TPSA) is 211 Å². The van der Waals surface area contributed by atoms with Crippen LogP contribution < -0.4 is 21.7 Å². The average Bonchev–Trinajstić information content (AvgIpc) is 3.35. The molecule has 4 amide bonds. The number of phenolic OH excluding ortho intramolecular Hbond substituents is 1. The first-order chi connectivity index (χ1) is 17.1. The molecule has 1 aromatic rings. The van der Waals surface area contributed by atoms with Gasteiger partial charge in [-0.05, 0) is 30.5 Å². The number of nitrogens with two attached hydrogens (primary N) is 1. The van der Waals surface area contributed by atoms with Crippen LogP contribution in [0.3, 0.4) is 0 Å². The van der Waals surface area contributed by atoms with Gasteiger partial charge in [0.25, 0.3) is 0 Å². The van der Waals surface area contributed by atoms with E-state index in [1.165, 1.54) is 29.2 Å². The molecule has 36 heavy (non-hydrogen) atoms. The molecule has 0 aliphatic carbocycles. The molecule has 1 aliphatic rings. The molecule has 4 atom stereocenters. The van der Waals surface area contributed by atoms with Crippen LogP contribution in [0, 0.1) is 0 Å². The highest BCUT2D eigenvalue weighted by Gasteiger charge is 2.38. The number of nitrogens with zero attached hydrogens (tertiary/aromatic N) is 1. The molecule has 0 unspecified atom stereocenters. The van der Waals surface area contributed by atoms with Gasteiger partial charge in [0.15, 0.2) is 0 Å². The molecular formula is C22H31N5O8S. The molecule has 1 saturated heterocycles. The molecule has 0 spiro atoms. The number of aliphatic carboxylic acids is 1. The summed E-state index contributed by atoms with van der Waals surface area (Å²) in [6, 6.07) is 1.38. The minimum Gasteiger partial charge on any atom is -0.508 e. The number of amides is 4. The van der Waals surface area contributed by atoms with E-state index in [1.54, 1.807) is 0 Å². The number of likely N-dealkylation sites (tertiary alicyclic amines) is 1. The SMILES string of the molecule is N[C@@H](CS)C(=O)N[C@@H](CO)C(=O)N1CCC[C@H]1C(=O)NCC(=O)N[C@@H](Cc1ccc(O)cc1)C(=O)O. The first kappa shape index (κ1) is 28.9. The second kappa shape index (κ2) is 13.7. The minimum absolute atomic E-state index is 0.0192. The van der Waals surface area contributed by atoms with E-state index in [1.807, 2.05) is 0 Å². The van der Waals surface area contributed by atoms with Crippen molar-refractivity contribution in [2.45, 2.75) is 43.4 Å². The summed E-state index contributed by atoms with van der Waals surface area (Å²) >= 11 is 3.92. The van der Waals surface area contributed by atoms with Gasteiger partial charge < -0.3 is 41.9 Å². The normalized spacial score (nSPS) is 17.5. The van der Waals surface area contributed by atoms with Crippen LogP contribution >= 0.6 is 12.6 Å². The zero-order valence-corrected chi connectivity index (χ0v) is 20.3. The first-order valence-electron chi connectivity index (χ1n) is 11.2. The number of carbonyl (C=O) groups excluding carboxylic acids is 4. The molecule has 0 bridgehead atoms. The molecular weight excluding hydrogens is 494 g/mol. The lowest BCUT2D eigenvalue weighted by Crippen LogP contribution is -2.57. The standard InChI is InChI=1S/C22H31N5O8S/c23-14(11-36)19(31)26-16(10-28)21(33)27-7-1-2-17(27)20(32)24-9-18(30)25-15(22(34)35)8-12-3-5-13(29)6-4-12/h3-6,14-17,28-29,36H,1-2,7-11,23H2,(H,24,32)(H,25,30)(H,26,31)(H,34,35)/t14-,15-,16-,17-/m0/s1. The number of nitrogens with one attached hydrogen (secondary N) is 3. The molecule has 2 rings (SSSR count). The van der Waals surface area contributed by atoms with E-state index in [4.69, 9.17) is 5.73 Å². The number of carboxylic acid groups (broad SMARTS) is 1. The molecule has 1 aromatic carbocycles. The maximum absolute atomic E-state index is 12.8. The van der Waals surface area contributed by atoms with Crippen LogP contribution in [0.25, 0.3) is 0 Å². The summed E-state index contributed by atoms with van der Waals surface area (Å²) in [5.41, 5.74) is 6.15. The Labute approximate surface area is 212 Å². The van der Waals surface area contributed by atoms with Crippen LogP contribution in [0.1, 0.15) is 18.4 Å². The van der Waals surface area contributed by atoms with Crippen molar-refractivity contribution in [1.29, 1.82) is 0 Å². The Morgan fingerprint density at radius 1 is 1.11 bits per heavy atom.